The molecular weight excluding hydrogens is 277 g/mol. The quantitative estimate of drug-likeness (QED) is 0.504. The second-order valence-electron chi connectivity index (χ2n) is 2.04. The summed E-state index contributed by atoms with van der Waals surface area (Å²) in [5, 5.41) is 0.745. The van der Waals surface area contributed by atoms with Crippen molar-refractivity contribution in [2.75, 3.05) is 0 Å². The molecule has 0 aliphatic carbocycles. The molecule has 1 aromatic carbocycles. The van der Waals surface area contributed by atoms with Crippen molar-refractivity contribution in [2.24, 2.45) is 0 Å². The molecule has 0 bridgehead atoms. The van der Waals surface area contributed by atoms with Crippen LogP contribution in [0, 0.1) is 13.8 Å². The summed E-state index contributed by atoms with van der Waals surface area (Å²) in [6.45, 7) is 5.78. The minimum atomic E-state index is 0.745. The van der Waals surface area contributed by atoms with Gasteiger partial charge in [0.15, 0.2) is 0 Å². The number of hydrogen-bond donors (Lipinski definition) is 0. The Kier molecular flexibility index (Phi) is 6.32. The molecule has 0 aromatic heterocycles. The van der Waals surface area contributed by atoms with Crippen molar-refractivity contribution in [2.45, 2.75) is 6.92 Å². The fourth-order valence-corrected chi connectivity index (χ4v) is 0.888. The summed E-state index contributed by atoms with van der Waals surface area (Å²) in [6.07, 6.45) is 0. The van der Waals surface area contributed by atoms with Crippen LogP contribution < -0.4 is 0 Å². The normalized spacial score (nSPS) is 8.45. The standard InChI is InChI=1S/C8H8Cl.BrH.Zn/c1-6-4-3-5-8(9)7(6)2;;/h3-5H,2H2,1H3;1H;/q-1;;+2/p-1. The molecule has 1 aromatic rings. The number of benzene rings is 1. The van der Waals surface area contributed by atoms with Gasteiger partial charge in [0.05, 0.1) is 0 Å². The van der Waals surface area contributed by atoms with Gasteiger partial charge in [-0.25, -0.2) is 0 Å². The topological polar surface area (TPSA) is 0 Å². The molecule has 0 aliphatic rings. The van der Waals surface area contributed by atoms with Crippen LogP contribution in [0.3, 0.4) is 0 Å². The van der Waals surface area contributed by atoms with Crippen LogP contribution in [0.1, 0.15) is 11.1 Å². The third-order valence-corrected chi connectivity index (χ3v) is 1.71. The summed E-state index contributed by atoms with van der Waals surface area (Å²) < 4.78 is 0. The fourth-order valence-electron chi connectivity index (χ4n) is 0.666. The number of hydrogen-bond acceptors (Lipinski definition) is 0. The zero-order chi connectivity index (χ0) is 8.85. The first kappa shape index (κ1) is 11.5. The molecule has 1 rings (SSSR count). The first-order valence-corrected chi connectivity index (χ1v) is 10.4. The Morgan fingerprint density at radius 1 is 1.45 bits per heavy atom. The maximum atomic E-state index is 5.75. The molecule has 0 N–H and O–H groups in total. The summed E-state index contributed by atoms with van der Waals surface area (Å²) in [5.74, 6) is 0. The zero-order valence-corrected chi connectivity index (χ0v) is 11.7. The molecule has 0 aliphatic heterocycles. The fraction of sp³-hybridized carbons (Fsp3) is 0.125. The SMILES string of the molecule is [CH2-]c1c(C)cccc1Cl.[Zn+][Br]. The van der Waals surface area contributed by atoms with E-state index in [-0.39, 0.29) is 0 Å². The van der Waals surface area contributed by atoms with Gasteiger partial charge in [0.1, 0.15) is 0 Å². The van der Waals surface area contributed by atoms with E-state index in [4.69, 9.17) is 11.6 Å². The molecule has 0 spiro atoms. The van der Waals surface area contributed by atoms with Gasteiger partial charge >= 0.3 is 30.0 Å². The number of rotatable bonds is 0. The second-order valence-corrected chi connectivity index (χ2v) is 2.44. The summed E-state index contributed by atoms with van der Waals surface area (Å²) in [5.41, 5.74) is 2.07. The van der Waals surface area contributed by atoms with E-state index in [9.17, 15) is 0 Å². The van der Waals surface area contributed by atoms with Crippen LogP contribution in [-0.4, -0.2) is 0 Å². The Morgan fingerprint density at radius 3 is 2.36 bits per heavy atom. The van der Waals surface area contributed by atoms with E-state index in [1.165, 1.54) is 16.3 Å². The molecule has 0 fully saturated rings. The summed E-state index contributed by atoms with van der Waals surface area (Å²) in [4.78, 5) is 0. The van der Waals surface area contributed by atoms with Crippen LogP contribution in [0.5, 0.6) is 0 Å². The van der Waals surface area contributed by atoms with Gasteiger partial charge in [-0.1, -0.05) is 18.0 Å². The van der Waals surface area contributed by atoms with Crippen molar-refractivity contribution in [1.29, 1.82) is 0 Å². The Balaban J connectivity index is 0.000000461. The third-order valence-electron chi connectivity index (χ3n) is 1.35. The van der Waals surface area contributed by atoms with Crippen molar-refractivity contribution >= 4 is 25.2 Å². The Labute approximate surface area is 89.4 Å². The average molecular weight is 285 g/mol. The molecule has 0 atom stereocenters. The Morgan fingerprint density at radius 2 is 2.00 bits per heavy atom. The number of halogens is 2. The van der Waals surface area contributed by atoms with E-state index in [2.05, 4.69) is 20.5 Å². The van der Waals surface area contributed by atoms with E-state index in [0.717, 1.165) is 16.1 Å². The molecule has 56 valence electrons. The molecule has 0 nitrogen and oxygen atoms in total. The van der Waals surface area contributed by atoms with E-state index in [0.29, 0.717) is 0 Å². The predicted octanol–water partition coefficient (Wildman–Crippen LogP) is 3.67. The maximum absolute atomic E-state index is 5.75. The Bertz CT molecular complexity index is 205. The molecular formula is C8H8BrClZn. The van der Waals surface area contributed by atoms with Crippen LogP contribution in [-0.2, 0) is 16.3 Å². The van der Waals surface area contributed by atoms with Gasteiger partial charge in [0.2, 0.25) is 0 Å². The first-order valence-electron chi connectivity index (χ1n) is 3.05. The van der Waals surface area contributed by atoms with Crippen molar-refractivity contribution in [1.82, 2.24) is 0 Å². The van der Waals surface area contributed by atoms with Gasteiger partial charge in [-0.2, -0.15) is 29.7 Å². The summed E-state index contributed by atoms with van der Waals surface area (Å²) in [7, 11) is 0. The van der Waals surface area contributed by atoms with E-state index < -0.39 is 0 Å². The molecule has 0 saturated heterocycles. The van der Waals surface area contributed by atoms with Crippen LogP contribution in [0.25, 0.3) is 0 Å². The van der Waals surface area contributed by atoms with Gasteiger partial charge in [0, 0.05) is 0 Å². The van der Waals surface area contributed by atoms with Crippen molar-refractivity contribution < 1.29 is 16.3 Å². The van der Waals surface area contributed by atoms with Crippen LogP contribution in [0.15, 0.2) is 18.2 Å². The zero-order valence-electron chi connectivity index (χ0n) is 6.40. The molecule has 0 radical (unpaired) electrons. The molecule has 3 heteroatoms. The van der Waals surface area contributed by atoms with Crippen molar-refractivity contribution in [3.63, 3.8) is 0 Å². The summed E-state index contributed by atoms with van der Waals surface area (Å²) in [6, 6.07) is 5.76. The predicted molar refractivity (Wildman–Crippen MR) is 49.6 cm³/mol. The van der Waals surface area contributed by atoms with Gasteiger partial charge in [-0.3, -0.25) is 0 Å². The molecule has 0 unspecified atom stereocenters. The second kappa shape index (κ2) is 6.05. The van der Waals surface area contributed by atoms with Crippen LogP contribution in [0.4, 0.5) is 0 Å². The third kappa shape index (κ3) is 3.60. The molecule has 0 amide bonds. The van der Waals surface area contributed by atoms with E-state index in [1.54, 1.807) is 0 Å². The number of aryl methyl sites for hydroxylation is 1. The van der Waals surface area contributed by atoms with E-state index >= 15 is 0 Å². The summed E-state index contributed by atoms with van der Waals surface area (Å²) >= 11 is 10.0. The molecule has 11 heavy (non-hydrogen) atoms. The monoisotopic (exact) mass is 282 g/mol. The van der Waals surface area contributed by atoms with Gasteiger partial charge in [-0.05, 0) is 0 Å². The van der Waals surface area contributed by atoms with Gasteiger partial charge < -0.3 is 0 Å². The van der Waals surface area contributed by atoms with Crippen LogP contribution in [0.2, 0.25) is 5.02 Å². The van der Waals surface area contributed by atoms with Gasteiger partial charge in [-0.15, -0.1) is 12.1 Å². The van der Waals surface area contributed by atoms with Crippen LogP contribution >= 0.6 is 25.2 Å². The van der Waals surface area contributed by atoms with E-state index in [1.807, 2.05) is 25.1 Å². The average Bonchev–Trinajstić information content (AvgIpc) is 2.04. The molecule has 0 heterocycles. The minimum absolute atomic E-state index is 0.745. The van der Waals surface area contributed by atoms with Crippen molar-refractivity contribution in [3.05, 3.63) is 41.3 Å². The molecule has 0 saturated carbocycles. The van der Waals surface area contributed by atoms with Crippen molar-refractivity contribution in [3.8, 4) is 0 Å². The first-order chi connectivity index (χ1) is 5.22. The van der Waals surface area contributed by atoms with Gasteiger partial charge in [0.25, 0.3) is 0 Å². The Hall–Kier alpha value is 0.483.